The van der Waals surface area contributed by atoms with Crippen LogP contribution in [0, 0.1) is 19.8 Å². The van der Waals surface area contributed by atoms with Gasteiger partial charge in [-0.2, -0.15) is 0 Å². The Morgan fingerprint density at radius 1 is 1.23 bits per heavy atom. The van der Waals surface area contributed by atoms with Crippen LogP contribution in [-0.2, 0) is 11.3 Å². The zero-order valence-corrected chi connectivity index (χ0v) is 16.1. The van der Waals surface area contributed by atoms with Crippen molar-refractivity contribution in [1.29, 1.82) is 0 Å². The fourth-order valence-electron chi connectivity index (χ4n) is 3.35. The predicted molar refractivity (Wildman–Crippen MR) is 105 cm³/mol. The number of urea groups is 1. The van der Waals surface area contributed by atoms with E-state index in [4.69, 9.17) is 0 Å². The van der Waals surface area contributed by atoms with Gasteiger partial charge in [0, 0.05) is 23.7 Å². The van der Waals surface area contributed by atoms with Gasteiger partial charge in [-0.05, 0) is 61.4 Å². The minimum atomic E-state index is -0.169. The molecule has 26 heavy (non-hydrogen) atoms. The van der Waals surface area contributed by atoms with E-state index in [1.54, 1.807) is 16.2 Å². The Morgan fingerprint density at radius 3 is 2.69 bits per heavy atom. The third-order valence-corrected chi connectivity index (χ3v) is 5.44. The molecule has 0 saturated carbocycles. The van der Waals surface area contributed by atoms with Crippen LogP contribution in [0.25, 0.3) is 0 Å². The van der Waals surface area contributed by atoms with Crippen LogP contribution in [0.1, 0.15) is 28.8 Å². The highest BCUT2D eigenvalue weighted by Crippen LogP contribution is 2.20. The zero-order chi connectivity index (χ0) is 18.5. The second kappa shape index (κ2) is 8.36. The van der Waals surface area contributed by atoms with E-state index in [0.717, 1.165) is 34.5 Å². The van der Waals surface area contributed by atoms with E-state index in [-0.39, 0.29) is 17.9 Å². The van der Waals surface area contributed by atoms with Crippen molar-refractivity contribution in [3.05, 3.63) is 51.7 Å². The highest BCUT2D eigenvalue weighted by Gasteiger charge is 2.28. The molecular weight excluding hydrogens is 346 g/mol. The lowest BCUT2D eigenvalue weighted by atomic mass is 9.97. The average molecular weight is 372 g/mol. The van der Waals surface area contributed by atoms with Gasteiger partial charge in [0.25, 0.3) is 0 Å². The molecule has 2 N–H and O–H groups in total. The number of nitrogens with zero attached hydrogens (tertiary/aromatic N) is 1. The Balaban J connectivity index is 1.55. The van der Waals surface area contributed by atoms with E-state index in [9.17, 15) is 9.59 Å². The second-order valence-corrected chi connectivity index (χ2v) is 7.92. The maximum absolute atomic E-state index is 12.6. The number of benzene rings is 1. The van der Waals surface area contributed by atoms with E-state index < -0.39 is 0 Å². The molecule has 1 saturated heterocycles. The zero-order valence-electron chi connectivity index (χ0n) is 15.2. The van der Waals surface area contributed by atoms with Crippen molar-refractivity contribution in [2.24, 2.45) is 5.92 Å². The number of likely N-dealkylation sites (tertiary alicyclic amines) is 1. The number of hydrogen-bond donors (Lipinski definition) is 2. The first-order valence-electron chi connectivity index (χ1n) is 8.95. The summed E-state index contributed by atoms with van der Waals surface area (Å²) in [4.78, 5) is 27.9. The third kappa shape index (κ3) is 4.85. The van der Waals surface area contributed by atoms with E-state index in [1.165, 1.54) is 0 Å². The predicted octanol–water partition coefficient (Wildman–Crippen LogP) is 3.93. The molecular formula is C20H25N3O2S. The highest BCUT2D eigenvalue weighted by atomic mass is 32.1. The van der Waals surface area contributed by atoms with Gasteiger partial charge in [0.1, 0.15) is 0 Å². The van der Waals surface area contributed by atoms with Crippen LogP contribution < -0.4 is 10.6 Å². The smallest absolute Gasteiger partial charge is 0.317 e. The SMILES string of the molecule is Cc1cc(C)cc(NC(=O)C2CCCN(C(=O)NCc3cccs3)C2)c1. The highest BCUT2D eigenvalue weighted by molar-refractivity contribution is 7.09. The monoisotopic (exact) mass is 371 g/mol. The molecule has 1 aliphatic rings. The van der Waals surface area contributed by atoms with Gasteiger partial charge < -0.3 is 15.5 Å². The van der Waals surface area contributed by atoms with Gasteiger partial charge in [-0.15, -0.1) is 11.3 Å². The molecule has 5 nitrogen and oxygen atoms in total. The Morgan fingerprint density at radius 2 is 2.00 bits per heavy atom. The Kier molecular flexibility index (Phi) is 5.93. The van der Waals surface area contributed by atoms with Crippen LogP contribution in [0.4, 0.5) is 10.5 Å². The van der Waals surface area contributed by atoms with Gasteiger partial charge in [0.05, 0.1) is 12.5 Å². The molecule has 2 aromatic rings. The molecule has 0 aliphatic carbocycles. The van der Waals surface area contributed by atoms with Crippen molar-refractivity contribution in [1.82, 2.24) is 10.2 Å². The van der Waals surface area contributed by atoms with Crippen molar-refractivity contribution in [2.45, 2.75) is 33.2 Å². The van der Waals surface area contributed by atoms with Crippen LogP contribution in [0.3, 0.4) is 0 Å². The van der Waals surface area contributed by atoms with Crippen LogP contribution in [-0.4, -0.2) is 29.9 Å². The van der Waals surface area contributed by atoms with Crippen molar-refractivity contribution in [3.63, 3.8) is 0 Å². The van der Waals surface area contributed by atoms with Crippen LogP contribution in [0.5, 0.6) is 0 Å². The summed E-state index contributed by atoms with van der Waals surface area (Å²) in [6.45, 7) is 5.73. The summed E-state index contributed by atoms with van der Waals surface area (Å²) < 4.78 is 0. The fourth-order valence-corrected chi connectivity index (χ4v) is 4.00. The van der Waals surface area contributed by atoms with Crippen molar-refractivity contribution < 1.29 is 9.59 Å². The van der Waals surface area contributed by atoms with E-state index in [1.807, 2.05) is 43.5 Å². The normalized spacial score (nSPS) is 17.0. The first kappa shape index (κ1) is 18.5. The van der Waals surface area contributed by atoms with E-state index in [0.29, 0.717) is 19.6 Å². The van der Waals surface area contributed by atoms with Gasteiger partial charge in [-0.1, -0.05) is 12.1 Å². The number of aryl methyl sites for hydroxylation is 2. The van der Waals surface area contributed by atoms with Crippen LogP contribution >= 0.6 is 11.3 Å². The molecule has 0 radical (unpaired) electrons. The lowest BCUT2D eigenvalue weighted by Crippen LogP contribution is -2.47. The standard InChI is InChI=1S/C20H25N3O2S/c1-14-9-15(2)11-17(10-14)22-19(24)16-5-3-7-23(13-16)20(25)21-12-18-6-4-8-26-18/h4,6,8-11,16H,3,5,7,12-13H2,1-2H3,(H,21,25)(H,22,24). The average Bonchev–Trinajstić information content (AvgIpc) is 3.12. The summed E-state index contributed by atoms with van der Waals surface area (Å²) in [5.74, 6) is -0.178. The summed E-state index contributed by atoms with van der Waals surface area (Å²) in [5.41, 5.74) is 3.07. The van der Waals surface area contributed by atoms with Gasteiger partial charge in [0.15, 0.2) is 0 Å². The van der Waals surface area contributed by atoms with Crippen molar-refractivity contribution in [2.75, 3.05) is 18.4 Å². The molecule has 3 rings (SSSR count). The van der Waals surface area contributed by atoms with Crippen molar-refractivity contribution >= 4 is 29.0 Å². The number of carbonyl (C=O) groups excluding carboxylic acids is 2. The molecule has 0 spiro atoms. The van der Waals surface area contributed by atoms with Gasteiger partial charge in [0.2, 0.25) is 5.91 Å². The van der Waals surface area contributed by atoms with Gasteiger partial charge in [-0.25, -0.2) is 4.79 Å². The number of anilines is 1. The first-order chi connectivity index (χ1) is 12.5. The Hall–Kier alpha value is -2.34. The van der Waals surface area contributed by atoms with Gasteiger partial charge >= 0.3 is 6.03 Å². The maximum Gasteiger partial charge on any atom is 0.317 e. The number of piperidine rings is 1. The number of nitrogens with one attached hydrogen (secondary N) is 2. The molecule has 138 valence electrons. The molecule has 1 atom stereocenters. The van der Waals surface area contributed by atoms with Crippen LogP contribution in [0.15, 0.2) is 35.7 Å². The van der Waals surface area contributed by atoms with Gasteiger partial charge in [-0.3, -0.25) is 4.79 Å². The molecule has 1 aliphatic heterocycles. The molecule has 3 amide bonds. The quantitative estimate of drug-likeness (QED) is 0.855. The lowest BCUT2D eigenvalue weighted by Gasteiger charge is -2.32. The molecule has 6 heteroatoms. The molecule has 2 heterocycles. The number of amides is 3. The molecule has 0 bridgehead atoms. The Labute approximate surface area is 158 Å². The Bertz CT molecular complexity index is 753. The maximum atomic E-state index is 12.6. The summed E-state index contributed by atoms with van der Waals surface area (Å²) in [6.07, 6.45) is 1.66. The molecule has 1 fully saturated rings. The summed E-state index contributed by atoms with van der Waals surface area (Å²) in [7, 11) is 0. The number of carbonyl (C=O) groups is 2. The van der Waals surface area contributed by atoms with Crippen LogP contribution in [0.2, 0.25) is 0 Å². The largest absolute Gasteiger partial charge is 0.333 e. The molecule has 1 aromatic heterocycles. The minimum absolute atomic E-state index is 0.00856. The topological polar surface area (TPSA) is 61.4 Å². The van der Waals surface area contributed by atoms with E-state index in [2.05, 4.69) is 16.7 Å². The summed E-state index contributed by atoms with van der Waals surface area (Å²) in [5, 5.41) is 7.95. The minimum Gasteiger partial charge on any atom is -0.333 e. The molecule has 1 aromatic carbocycles. The lowest BCUT2D eigenvalue weighted by molar-refractivity contribution is -0.121. The number of thiophene rings is 1. The van der Waals surface area contributed by atoms with Crippen molar-refractivity contribution in [3.8, 4) is 0 Å². The number of hydrogen-bond acceptors (Lipinski definition) is 3. The van der Waals surface area contributed by atoms with E-state index >= 15 is 0 Å². The third-order valence-electron chi connectivity index (χ3n) is 4.56. The fraction of sp³-hybridized carbons (Fsp3) is 0.400. The number of rotatable bonds is 4. The first-order valence-corrected chi connectivity index (χ1v) is 9.83. The summed E-state index contributed by atoms with van der Waals surface area (Å²) in [6, 6.07) is 9.90. The molecule has 1 unspecified atom stereocenters. The second-order valence-electron chi connectivity index (χ2n) is 6.89. The summed E-state index contributed by atoms with van der Waals surface area (Å²) >= 11 is 1.62.